The van der Waals surface area contributed by atoms with Crippen LogP contribution in [0.2, 0.25) is 0 Å². The number of hydrogen-bond donors (Lipinski definition) is 0. The lowest BCUT2D eigenvalue weighted by atomic mass is 10.3. The number of nitrogens with zero attached hydrogens (tertiary/aromatic N) is 3. The third kappa shape index (κ3) is 1.18. The summed E-state index contributed by atoms with van der Waals surface area (Å²) in [5.74, 6) is 0. The van der Waals surface area contributed by atoms with Crippen molar-refractivity contribution in [3.05, 3.63) is 17.9 Å². The lowest BCUT2D eigenvalue weighted by Gasteiger charge is -2.15. The second-order valence-corrected chi connectivity index (χ2v) is 4.41. The van der Waals surface area contributed by atoms with Crippen LogP contribution in [0.25, 0.3) is 10.2 Å². The van der Waals surface area contributed by atoms with Crippen LogP contribution in [-0.4, -0.2) is 23.1 Å². The van der Waals surface area contributed by atoms with E-state index in [4.69, 9.17) is 0 Å². The van der Waals surface area contributed by atoms with Crippen molar-refractivity contribution >= 4 is 27.2 Å². The number of anilines is 1. The standard InChI is InChI=1S/C10H11N3S/c1-2-4-13(3-1)9-6-14-10-8(9)5-11-7-12-10/h5-7H,1-4H2. The topological polar surface area (TPSA) is 29.0 Å². The highest BCUT2D eigenvalue weighted by Crippen LogP contribution is 2.32. The van der Waals surface area contributed by atoms with Gasteiger partial charge in [-0.25, -0.2) is 9.97 Å². The van der Waals surface area contributed by atoms with Gasteiger partial charge in [-0.1, -0.05) is 0 Å². The van der Waals surface area contributed by atoms with Gasteiger partial charge >= 0.3 is 0 Å². The molecule has 1 saturated heterocycles. The van der Waals surface area contributed by atoms with Crippen LogP contribution in [0.5, 0.6) is 0 Å². The molecule has 0 spiro atoms. The van der Waals surface area contributed by atoms with Crippen molar-refractivity contribution in [2.45, 2.75) is 12.8 Å². The normalized spacial score (nSPS) is 16.7. The Morgan fingerprint density at radius 2 is 2.14 bits per heavy atom. The third-order valence-electron chi connectivity index (χ3n) is 2.68. The molecule has 0 saturated carbocycles. The molecule has 3 nitrogen and oxygen atoms in total. The molecule has 0 aliphatic carbocycles. The number of rotatable bonds is 1. The molecule has 0 aromatic carbocycles. The van der Waals surface area contributed by atoms with Gasteiger partial charge in [0.2, 0.25) is 0 Å². The third-order valence-corrected chi connectivity index (χ3v) is 3.57. The van der Waals surface area contributed by atoms with E-state index in [0.717, 1.165) is 4.83 Å². The Kier molecular flexibility index (Phi) is 1.87. The summed E-state index contributed by atoms with van der Waals surface area (Å²) in [6, 6.07) is 0. The van der Waals surface area contributed by atoms with Crippen LogP contribution < -0.4 is 4.90 Å². The second kappa shape index (κ2) is 3.20. The monoisotopic (exact) mass is 205 g/mol. The summed E-state index contributed by atoms with van der Waals surface area (Å²) in [6.45, 7) is 2.36. The molecule has 4 heteroatoms. The Hall–Kier alpha value is -1.16. The van der Waals surface area contributed by atoms with Gasteiger partial charge in [0.05, 0.1) is 11.1 Å². The lowest BCUT2D eigenvalue weighted by Crippen LogP contribution is -2.16. The van der Waals surface area contributed by atoms with Gasteiger partial charge < -0.3 is 4.90 Å². The fourth-order valence-corrected chi connectivity index (χ4v) is 2.86. The maximum atomic E-state index is 4.25. The summed E-state index contributed by atoms with van der Waals surface area (Å²) in [5.41, 5.74) is 1.32. The fourth-order valence-electron chi connectivity index (χ4n) is 1.97. The molecule has 3 rings (SSSR count). The molecule has 0 N–H and O–H groups in total. The van der Waals surface area contributed by atoms with Crippen LogP contribution in [0.3, 0.4) is 0 Å². The number of fused-ring (bicyclic) bond motifs is 1. The van der Waals surface area contributed by atoms with Crippen LogP contribution in [-0.2, 0) is 0 Å². The van der Waals surface area contributed by atoms with Crippen LogP contribution in [0.4, 0.5) is 5.69 Å². The van der Waals surface area contributed by atoms with Gasteiger partial charge in [0.25, 0.3) is 0 Å². The molecule has 1 fully saturated rings. The van der Waals surface area contributed by atoms with Crippen molar-refractivity contribution in [1.82, 2.24) is 9.97 Å². The van der Waals surface area contributed by atoms with E-state index >= 15 is 0 Å². The molecular weight excluding hydrogens is 194 g/mol. The Bertz CT molecular complexity index is 445. The van der Waals surface area contributed by atoms with E-state index in [1.165, 1.54) is 37.0 Å². The molecule has 0 amide bonds. The predicted molar refractivity (Wildman–Crippen MR) is 58.9 cm³/mol. The number of hydrogen-bond acceptors (Lipinski definition) is 4. The van der Waals surface area contributed by atoms with Crippen molar-refractivity contribution in [2.75, 3.05) is 18.0 Å². The molecule has 72 valence electrons. The first-order valence-corrected chi connectivity index (χ1v) is 5.75. The van der Waals surface area contributed by atoms with Gasteiger partial charge in [-0.2, -0.15) is 0 Å². The highest BCUT2D eigenvalue weighted by atomic mass is 32.1. The average molecular weight is 205 g/mol. The maximum Gasteiger partial charge on any atom is 0.128 e. The van der Waals surface area contributed by atoms with Crippen LogP contribution in [0.15, 0.2) is 17.9 Å². The fraction of sp³-hybridized carbons (Fsp3) is 0.400. The molecular formula is C10H11N3S. The van der Waals surface area contributed by atoms with Gasteiger partial charge in [-0.15, -0.1) is 11.3 Å². The SMILES string of the molecule is c1ncc2c(N3CCCC3)csc2n1. The lowest BCUT2D eigenvalue weighted by molar-refractivity contribution is 0.949. The summed E-state index contributed by atoms with van der Waals surface area (Å²) < 4.78 is 0. The highest BCUT2D eigenvalue weighted by Gasteiger charge is 2.16. The Morgan fingerprint density at radius 1 is 1.29 bits per heavy atom. The van der Waals surface area contributed by atoms with Gasteiger partial charge in [0, 0.05) is 24.7 Å². The van der Waals surface area contributed by atoms with E-state index in [1.807, 2.05) is 6.20 Å². The van der Waals surface area contributed by atoms with Crippen LogP contribution >= 0.6 is 11.3 Å². The van der Waals surface area contributed by atoms with Crippen molar-refractivity contribution < 1.29 is 0 Å². The van der Waals surface area contributed by atoms with Gasteiger partial charge in [-0.05, 0) is 12.8 Å². The molecule has 2 aromatic heterocycles. The summed E-state index contributed by atoms with van der Waals surface area (Å²) in [5, 5.41) is 3.41. The van der Waals surface area contributed by atoms with E-state index < -0.39 is 0 Å². The van der Waals surface area contributed by atoms with E-state index in [-0.39, 0.29) is 0 Å². The number of aromatic nitrogens is 2. The van der Waals surface area contributed by atoms with Crippen molar-refractivity contribution in [1.29, 1.82) is 0 Å². The average Bonchev–Trinajstić information content (AvgIpc) is 2.85. The van der Waals surface area contributed by atoms with E-state index in [0.29, 0.717) is 0 Å². The summed E-state index contributed by atoms with van der Waals surface area (Å²) in [6.07, 6.45) is 6.16. The molecule has 1 aliphatic heterocycles. The van der Waals surface area contributed by atoms with Crippen LogP contribution in [0, 0.1) is 0 Å². The molecule has 0 atom stereocenters. The molecule has 3 heterocycles. The molecule has 0 unspecified atom stereocenters. The van der Waals surface area contributed by atoms with Crippen molar-refractivity contribution in [3.8, 4) is 0 Å². The van der Waals surface area contributed by atoms with E-state index in [9.17, 15) is 0 Å². The minimum atomic E-state index is 1.10. The second-order valence-electron chi connectivity index (χ2n) is 3.56. The molecule has 14 heavy (non-hydrogen) atoms. The number of thiophene rings is 1. The van der Waals surface area contributed by atoms with Gasteiger partial charge in [0.1, 0.15) is 11.2 Å². The van der Waals surface area contributed by atoms with Crippen LogP contribution in [0.1, 0.15) is 12.8 Å². The van der Waals surface area contributed by atoms with E-state index in [1.54, 1.807) is 17.7 Å². The van der Waals surface area contributed by atoms with E-state index in [2.05, 4.69) is 20.2 Å². The van der Waals surface area contributed by atoms with Gasteiger partial charge in [0.15, 0.2) is 0 Å². The predicted octanol–water partition coefficient (Wildman–Crippen LogP) is 2.29. The quantitative estimate of drug-likeness (QED) is 0.715. The first-order chi connectivity index (χ1) is 6.95. The zero-order valence-electron chi connectivity index (χ0n) is 7.81. The highest BCUT2D eigenvalue weighted by molar-refractivity contribution is 7.17. The Morgan fingerprint density at radius 3 is 3.00 bits per heavy atom. The smallest absolute Gasteiger partial charge is 0.128 e. The maximum absolute atomic E-state index is 4.25. The van der Waals surface area contributed by atoms with Crippen molar-refractivity contribution in [3.63, 3.8) is 0 Å². The van der Waals surface area contributed by atoms with Crippen molar-refractivity contribution in [2.24, 2.45) is 0 Å². The summed E-state index contributed by atoms with van der Waals surface area (Å²) in [4.78, 5) is 11.9. The molecule has 1 aliphatic rings. The largest absolute Gasteiger partial charge is 0.370 e. The molecule has 0 bridgehead atoms. The zero-order chi connectivity index (χ0) is 9.38. The molecule has 2 aromatic rings. The first kappa shape index (κ1) is 8.17. The summed E-state index contributed by atoms with van der Waals surface area (Å²) >= 11 is 1.71. The minimum absolute atomic E-state index is 1.10. The van der Waals surface area contributed by atoms with Gasteiger partial charge in [-0.3, -0.25) is 0 Å². The molecule has 0 radical (unpaired) electrons. The summed E-state index contributed by atoms with van der Waals surface area (Å²) in [7, 11) is 0. The Labute approximate surface area is 86.4 Å². The first-order valence-electron chi connectivity index (χ1n) is 4.87. The zero-order valence-corrected chi connectivity index (χ0v) is 8.63. The minimum Gasteiger partial charge on any atom is -0.370 e. The Balaban J connectivity index is 2.11.